The smallest absolute Gasteiger partial charge is 0.237 e. The van der Waals surface area contributed by atoms with E-state index in [0.717, 1.165) is 11.1 Å². The van der Waals surface area contributed by atoms with E-state index in [1.807, 2.05) is 60.7 Å². The predicted octanol–water partition coefficient (Wildman–Crippen LogP) is 5.16. The fraction of sp³-hybridized carbons (Fsp3) is 0.0526. The van der Waals surface area contributed by atoms with Crippen molar-refractivity contribution in [1.82, 2.24) is 4.98 Å². The van der Waals surface area contributed by atoms with Crippen molar-refractivity contribution in [2.45, 2.75) is 5.92 Å². The van der Waals surface area contributed by atoms with Crippen molar-refractivity contribution < 1.29 is 4.79 Å². The Kier molecular flexibility index (Phi) is 5.14. The van der Waals surface area contributed by atoms with Crippen LogP contribution in [0.15, 0.2) is 72.9 Å². The fourth-order valence-corrected chi connectivity index (χ4v) is 2.91. The Hall–Kier alpha value is -2.36. The van der Waals surface area contributed by atoms with Crippen molar-refractivity contribution in [3.8, 4) is 0 Å². The molecule has 1 aromatic heterocycles. The molecule has 0 aliphatic heterocycles. The van der Waals surface area contributed by atoms with E-state index in [0.29, 0.717) is 15.9 Å². The van der Waals surface area contributed by atoms with Gasteiger partial charge in [-0.1, -0.05) is 83.9 Å². The molecule has 0 aliphatic rings. The maximum atomic E-state index is 12.9. The van der Waals surface area contributed by atoms with Crippen LogP contribution < -0.4 is 5.32 Å². The zero-order valence-corrected chi connectivity index (χ0v) is 14.1. The number of amides is 1. The number of rotatable bonds is 4. The molecule has 0 radical (unpaired) electrons. The van der Waals surface area contributed by atoms with Crippen molar-refractivity contribution in [2.75, 3.05) is 5.32 Å². The molecule has 3 nitrogen and oxygen atoms in total. The molecule has 5 heteroatoms. The summed E-state index contributed by atoms with van der Waals surface area (Å²) in [5, 5.41) is 3.51. The van der Waals surface area contributed by atoms with E-state index in [-0.39, 0.29) is 5.91 Å². The van der Waals surface area contributed by atoms with Crippen LogP contribution in [-0.4, -0.2) is 10.9 Å². The number of halogens is 2. The van der Waals surface area contributed by atoms with Gasteiger partial charge in [0.25, 0.3) is 0 Å². The second-order valence-electron chi connectivity index (χ2n) is 5.23. The Morgan fingerprint density at radius 3 is 1.96 bits per heavy atom. The van der Waals surface area contributed by atoms with Crippen molar-refractivity contribution in [3.63, 3.8) is 0 Å². The lowest BCUT2D eigenvalue weighted by Crippen LogP contribution is -2.23. The zero-order chi connectivity index (χ0) is 16.9. The molecule has 24 heavy (non-hydrogen) atoms. The SMILES string of the molecule is O=C(Nc1ncc(Cl)cc1Cl)C(c1ccccc1)c1ccccc1. The number of hydrogen-bond acceptors (Lipinski definition) is 2. The average Bonchev–Trinajstić information content (AvgIpc) is 2.60. The fourth-order valence-electron chi connectivity index (χ4n) is 2.48. The van der Waals surface area contributed by atoms with Crippen molar-refractivity contribution >= 4 is 34.9 Å². The van der Waals surface area contributed by atoms with Crippen LogP contribution in [0.1, 0.15) is 17.0 Å². The van der Waals surface area contributed by atoms with Crippen molar-refractivity contribution in [3.05, 3.63) is 94.1 Å². The van der Waals surface area contributed by atoms with Gasteiger partial charge in [0, 0.05) is 6.20 Å². The summed E-state index contributed by atoms with van der Waals surface area (Å²) in [6.45, 7) is 0. The van der Waals surface area contributed by atoms with Gasteiger partial charge in [0.2, 0.25) is 5.91 Å². The van der Waals surface area contributed by atoms with Gasteiger partial charge in [0.15, 0.2) is 5.82 Å². The maximum Gasteiger partial charge on any atom is 0.237 e. The van der Waals surface area contributed by atoms with Crippen LogP contribution in [0, 0.1) is 0 Å². The van der Waals surface area contributed by atoms with Crippen molar-refractivity contribution in [1.29, 1.82) is 0 Å². The quantitative estimate of drug-likeness (QED) is 0.701. The summed E-state index contributed by atoms with van der Waals surface area (Å²) in [5.41, 5.74) is 1.79. The van der Waals surface area contributed by atoms with Gasteiger partial charge in [-0.25, -0.2) is 4.98 Å². The minimum Gasteiger partial charge on any atom is -0.309 e. The largest absolute Gasteiger partial charge is 0.309 e. The van der Waals surface area contributed by atoms with Gasteiger partial charge in [0.1, 0.15) is 0 Å². The molecule has 0 unspecified atom stereocenters. The van der Waals surface area contributed by atoms with Gasteiger partial charge in [-0.05, 0) is 17.2 Å². The Balaban J connectivity index is 1.95. The summed E-state index contributed by atoms with van der Waals surface area (Å²) in [6, 6.07) is 20.7. The minimum absolute atomic E-state index is 0.205. The number of nitrogens with zero attached hydrogens (tertiary/aromatic N) is 1. The predicted molar refractivity (Wildman–Crippen MR) is 97.6 cm³/mol. The summed E-state index contributed by atoms with van der Waals surface area (Å²) in [4.78, 5) is 17.0. The summed E-state index contributed by atoms with van der Waals surface area (Å²) in [5.74, 6) is -0.368. The van der Waals surface area contributed by atoms with E-state index in [9.17, 15) is 4.79 Å². The third kappa shape index (κ3) is 3.75. The number of nitrogens with one attached hydrogen (secondary N) is 1. The molecule has 1 heterocycles. The summed E-state index contributed by atoms with van der Waals surface area (Å²) in [6.07, 6.45) is 1.45. The molecule has 0 atom stereocenters. The molecule has 1 N–H and O–H groups in total. The van der Waals surface area contributed by atoms with Gasteiger partial charge < -0.3 is 5.32 Å². The monoisotopic (exact) mass is 356 g/mol. The second kappa shape index (κ2) is 7.47. The summed E-state index contributed by atoms with van der Waals surface area (Å²) in [7, 11) is 0. The number of carbonyl (C=O) groups excluding carboxylic acids is 1. The number of benzene rings is 2. The van der Waals surface area contributed by atoms with Gasteiger partial charge >= 0.3 is 0 Å². The van der Waals surface area contributed by atoms with E-state index in [2.05, 4.69) is 10.3 Å². The van der Waals surface area contributed by atoms with Crippen molar-refractivity contribution in [2.24, 2.45) is 0 Å². The van der Waals surface area contributed by atoms with Gasteiger partial charge in [0.05, 0.1) is 16.0 Å². The first kappa shape index (κ1) is 16.5. The molecule has 0 bridgehead atoms. The summed E-state index contributed by atoms with van der Waals surface area (Å²) < 4.78 is 0. The molecule has 0 saturated heterocycles. The highest BCUT2D eigenvalue weighted by molar-refractivity contribution is 6.36. The second-order valence-corrected chi connectivity index (χ2v) is 6.07. The first-order chi connectivity index (χ1) is 11.6. The number of anilines is 1. The Labute approximate surface area is 150 Å². The topological polar surface area (TPSA) is 42.0 Å². The first-order valence-electron chi connectivity index (χ1n) is 7.37. The van der Waals surface area contributed by atoms with E-state index >= 15 is 0 Å². The lowest BCUT2D eigenvalue weighted by Gasteiger charge is -2.18. The van der Waals surface area contributed by atoms with Crippen LogP contribution >= 0.6 is 23.2 Å². The highest BCUT2D eigenvalue weighted by Gasteiger charge is 2.23. The number of carbonyl (C=O) groups is 1. The molecule has 0 fully saturated rings. The van der Waals surface area contributed by atoms with Gasteiger partial charge in [-0.2, -0.15) is 0 Å². The van der Waals surface area contributed by atoms with Gasteiger partial charge in [-0.3, -0.25) is 4.79 Å². The molecule has 120 valence electrons. The number of aromatic nitrogens is 1. The van der Waals surface area contributed by atoms with E-state index < -0.39 is 5.92 Å². The normalized spacial score (nSPS) is 10.6. The molecule has 0 spiro atoms. The van der Waals surface area contributed by atoms with Crippen LogP contribution in [0.3, 0.4) is 0 Å². The molecule has 2 aromatic carbocycles. The Bertz CT molecular complexity index is 799. The highest BCUT2D eigenvalue weighted by Crippen LogP contribution is 2.28. The lowest BCUT2D eigenvalue weighted by atomic mass is 9.90. The van der Waals surface area contributed by atoms with Gasteiger partial charge in [-0.15, -0.1) is 0 Å². The average molecular weight is 357 g/mol. The molecule has 0 aliphatic carbocycles. The standard InChI is InChI=1S/C19H14Cl2N2O/c20-15-11-16(21)18(22-12-15)23-19(24)17(13-7-3-1-4-8-13)14-9-5-2-6-10-14/h1-12,17H,(H,22,23,24). The first-order valence-corrected chi connectivity index (χ1v) is 8.12. The van der Waals surface area contributed by atoms with Crippen LogP contribution in [-0.2, 0) is 4.79 Å². The lowest BCUT2D eigenvalue weighted by molar-refractivity contribution is -0.116. The molecular weight excluding hydrogens is 343 g/mol. The van der Waals surface area contributed by atoms with Crippen LogP contribution in [0.4, 0.5) is 5.82 Å². The Morgan fingerprint density at radius 1 is 0.917 bits per heavy atom. The molecule has 0 saturated carbocycles. The van der Waals surface area contributed by atoms with Crippen LogP contribution in [0.25, 0.3) is 0 Å². The third-order valence-corrected chi connectivity index (χ3v) is 4.07. The number of hydrogen-bond donors (Lipinski definition) is 1. The molecule has 3 rings (SSSR count). The minimum atomic E-state index is -0.457. The number of pyridine rings is 1. The van der Waals surface area contributed by atoms with E-state index in [1.165, 1.54) is 6.20 Å². The third-order valence-electron chi connectivity index (χ3n) is 3.58. The zero-order valence-electron chi connectivity index (χ0n) is 12.6. The van der Waals surface area contributed by atoms with Crippen LogP contribution in [0.5, 0.6) is 0 Å². The van der Waals surface area contributed by atoms with E-state index in [4.69, 9.17) is 23.2 Å². The maximum absolute atomic E-state index is 12.9. The van der Waals surface area contributed by atoms with Crippen LogP contribution in [0.2, 0.25) is 10.0 Å². The Morgan fingerprint density at radius 2 is 1.46 bits per heavy atom. The van der Waals surface area contributed by atoms with E-state index in [1.54, 1.807) is 6.07 Å². The molecule has 3 aromatic rings. The summed E-state index contributed by atoms with van der Waals surface area (Å²) >= 11 is 12.0. The molecule has 1 amide bonds. The highest BCUT2D eigenvalue weighted by atomic mass is 35.5. The molecular formula is C19H14Cl2N2O.